The quantitative estimate of drug-likeness (QED) is 0.758. The topological polar surface area (TPSA) is 53.7 Å². The normalized spacial score (nSPS) is 13.0. The van der Waals surface area contributed by atoms with Crippen molar-refractivity contribution in [2.24, 2.45) is 5.73 Å². The van der Waals surface area contributed by atoms with Gasteiger partial charge in [-0.1, -0.05) is 6.92 Å². The number of nitrogens with two attached hydrogens (primary N) is 1. The highest BCUT2D eigenvalue weighted by molar-refractivity contribution is 5.48. The Morgan fingerprint density at radius 3 is 2.18 bits per heavy atom. The maximum Gasteiger partial charge on any atom is 0.386 e. The van der Waals surface area contributed by atoms with Crippen LogP contribution in [-0.2, 0) is 17.3 Å². The summed E-state index contributed by atoms with van der Waals surface area (Å²) in [6, 6.07) is 2.80. The molecule has 0 saturated carbocycles. The Hall–Kier alpha value is -1.40. The Kier molecular flexibility index (Phi) is 7.03. The second-order valence-electron chi connectivity index (χ2n) is 4.92. The Morgan fingerprint density at radius 2 is 1.68 bits per heavy atom. The van der Waals surface area contributed by atoms with Crippen molar-refractivity contribution in [2.45, 2.75) is 45.8 Å². The summed E-state index contributed by atoms with van der Waals surface area (Å²) in [5, 5.41) is 0. The van der Waals surface area contributed by atoms with E-state index in [0.717, 1.165) is 19.1 Å². The van der Waals surface area contributed by atoms with E-state index in [0.29, 0.717) is 18.8 Å². The number of benzene rings is 1. The molecule has 0 radical (unpaired) electrons. The van der Waals surface area contributed by atoms with Gasteiger partial charge in [0.25, 0.3) is 0 Å². The molecule has 1 rings (SSSR count). The molecule has 0 amide bonds. The van der Waals surface area contributed by atoms with Crippen molar-refractivity contribution in [1.82, 2.24) is 0 Å². The third-order valence-electron chi connectivity index (χ3n) is 3.34. The predicted octanol–water partition coefficient (Wildman–Crippen LogP) is 3.46. The zero-order chi connectivity index (χ0) is 16.8. The van der Waals surface area contributed by atoms with Crippen LogP contribution in [0.25, 0.3) is 0 Å². The van der Waals surface area contributed by atoms with E-state index in [4.69, 9.17) is 15.2 Å². The summed E-state index contributed by atoms with van der Waals surface area (Å²) >= 11 is 0. The summed E-state index contributed by atoms with van der Waals surface area (Å²) in [6.07, 6.45) is -2.13. The first-order valence-corrected chi connectivity index (χ1v) is 7.51. The van der Waals surface area contributed by atoms with E-state index in [1.807, 2.05) is 6.92 Å². The Bertz CT molecular complexity index is 481. The SMILES string of the molecule is CCOc1cc(C(F)(F)OC)c(OCC)cc1CC(N)CC. The largest absolute Gasteiger partial charge is 0.494 e. The highest BCUT2D eigenvalue weighted by Crippen LogP contribution is 2.40. The van der Waals surface area contributed by atoms with Crippen LogP contribution in [-0.4, -0.2) is 26.4 Å². The smallest absolute Gasteiger partial charge is 0.386 e. The minimum absolute atomic E-state index is 0.0672. The number of halogens is 2. The van der Waals surface area contributed by atoms with Gasteiger partial charge in [-0.25, -0.2) is 0 Å². The van der Waals surface area contributed by atoms with E-state index >= 15 is 0 Å². The summed E-state index contributed by atoms with van der Waals surface area (Å²) in [5.74, 6) is 0.484. The lowest BCUT2D eigenvalue weighted by molar-refractivity contribution is -0.232. The lowest BCUT2D eigenvalue weighted by atomic mass is 10.0. The van der Waals surface area contributed by atoms with E-state index in [1.54, 1.807) is 19.9 Å². The van der Waals surface area contributed by atoms with Crippen molar-refractivity contribution in [3.63, 3.8) is 0 Å². The van der Waals surface area contributed by atoms with Crippen LogP contribution in [0.1, 0.15) is 38.3 Å². The summed E-state index contributed by atoms with van der Waals surface area (Å²) in [5.41, 5.74) is 6.40. The lowest BCUT2D eigenvalue weighted by Crippen LogP contribution is -2.23. The van der Waals surface area contributed by atoms with Crippen molar-refractivity contribution in [3.05, 3.63) is 23.3 Å². The van der Waals surface area contributed by atoms with Gasteiger partial charge in [0.05, 0.1) is 18.8 Å². The maximum absolute atomic E-state index is 14.0. The highest BCUT2D eigenvalue weighted by atomic mass is 19.3. The van der Waals surface area contributed by atoms with Gasteiger partial charge in [0.15, 0.2) is 0 Å². The van der Waals surface area contributed by atoms with Gasteiger partial charge in [0, 0.05) is 13.2 Å². The van der Waals surface area contributed by atoms with Crippen LogP contribution in [0.4, 0.5) is 8.78 Å². The van der Waals surface area contributed by atoms with Gasteiger partial charge in [0.1, 0.15) is 11.5 Å². The first-order chi connectivity index (χ1) is 10.4. The van der Waals surface area contributed by atoms with Gasteiger partial charge < -0.3 is 19.9 Å². The van der Waals surface area contributed by atoms with Gasteiger partial charge in [-0.15, -0.1) is 0 Å². The molecule has 0 saturated heterocycles. The fraction of sp³-hybridized carbons (Fsp3) is 0.625. The highest BCUT2D eigenvalue weighted by Gasteiger charge is 2.36. The van der Waals surface area contributed by atoms with E-state index in [2.05, 4.69) is 4.74 Å². The average molecular weight is 317 g/mol. The first-order valence-electron chi connectivity index (χ1n) is 7.51. The van der Waals surface area contributed by atoms with E-state index < -0.39 is 6.11 Å². The fourth-order valence-electron chi connectivity index (χ4n) is 2.09. The minimum atomic E-state index is -3.44. The van der Waals surface area contributed by atoms with Crippen molar-refractivity contribution < 1.29 is 23.0 Å². The van der Waals surface area contributed by atoms with E-state index in [1.165, 1.54) is 6.07 Å². The number of hydrogen-bond donors (Lipinski definition) is 1. The van der Waals surface area contributed by atoms with Gasteiger partial charge in [0.2, 0.25) is 0 Å². The molecule has 0 aliphatic carbocycles. The Labute approximate surface area is 130 Å². The standard InChI is InChI=1S/C16H25F2NO3/c1-5-12(19)8-11-9-15(22-7-3)13(16(17,18)20-4)10-14(11)21-6-2/h9-10,12H,5-8,19H2,1-4H3. The fourth-order valence-corrected chi connectivity index (χ4v) is 2.09. The molecular weight excluding hydrogens is 292 g/mol. The van der Waals surface area contributed by atoms with Crippen molar-refractivity contribution >= 4 is 0 Å². The Morgan fingerprint density at radius 1 is 1.09 bits per heavy atom. The van der Waals surface area contributed by atoms with Gasteiger partial charge in [-0.2, -0.15) is 8.78 Å². The molecule has 0 spiro atoms. The van der Waals surface area contributed by atoms with Crippen molar-refractivity contribution in [2.75, 3.05) is 20.3 Å². The van der Waals surface area contributed by atoms with Gasteiger partial charge >= 0.3 is 6.11 Å². The number of hydrogen-bond acceptors (Lipinski definition) is 4. The minimum Gasteiger partial charge on any atom is -0.494 e. The zero-order valence-corrected chi connectivity index (χ0v) is 13.6. The van der Waals surface area contributed by atoms with E-state index in [9.17, 15) is 8.78 Å². The van der Waals surface area contributed by atoms with Crippen LogP contribution in [0.2, 0.25) is 0 Å². The van der Waals surface area contributed by atoms with Crippen LogP contribution in [0.5, 0.6) is 11.5 Å². The Balaban J connectivity index is 3.36. The summed E-state index contributed by atoms with van der Waals surface area (Å²) in [6.45, 7) is 6.17. The van der Waals surface area contributed by atoms with Crippen LogP contribution in [0.3, 0.4) is 0 Å². The molecule has 126 valence electrons. The molecule has 1 unspecified atom stereocenters. The molecule has 2 N–H and O–H groups in total. The molecule has 0 fully saturated rings. The summed E-state index contributed by atoms with van der Waals surface area (Å²) < 4.78 is 43.1. The monoisotopic (exact) mass is 317 g/mol. The second-order valence-corrected chi connectivity index (χ2v) is 4.92. The van der Waals surface area contributed by atoms with Gasteiger partial charge in [-0.3, -0.25) is 0 Å². The van der Waals surface area contributed by atoms with Gasteiger partial charge in [-0.05, 0) is 44.4 Å². The molecule has 0 aliphatic rings. The van der Waals surface area contributed by atoms with Crippen LogP contribution in [0, 0.1) is 0 Å². The van der Waals surface area contributed by atoms with Crippen LogP contribution < -0.4 is 15.2 Å². The lowest BCUT2D eigenvalue weighted by Gasteiger charge is -2.22. The molecule has 0 bridgehead atoms. The van der Waals surface area contributed by atoms with E-state index in [-0.39, 0.29) is 24.0 Å². The molecule has 0 aromatic heterocycles. The average Bonchev–Trinajstić information content (AvgIpc) is 2.49. The molecule has 0 aliphatic heterocycles. The number of alkyl halides is 2. The van der Waals surface area contributed by atoms with Crippen LogP contribution >= 0.6 is 0 Å². The molecule has 1 aromatic rings. The number of ether oxygens (including phenoxy) is 3. The molecular formula is C16H25F2NO3. The molecule has 1 atom stereocenters. The number of methoxy groups -OCH3 is 1. The van der Waals surface area contributed by atoms with Crippen LogP contribution in [0.15, 0.2) is 12.1 Å². The predicted molar refractivity (Wildman–Crippen MR) is 81.7 cm³/mol. The third-order valence-corrected chi connectivity index (χ3v) is 3.34. The van der Waals surface area contributed by atoms with Crippen molar-refractivity contribution in [1.29, 1.82) is 0 Å². The maximum atomic E-state index is 14.0. The molecule has 6 heteroatoms. The molecule has 4 nitrogen and oxygen atoms in total. The number of rotatable bonds is 9. The first kappa shape index (κ1) is 18.6. The summed E-state index contributed by atoms with van der Waals surface area (Å²) in [7, 11) is 0.955. The third kappa shape index (κ3) is 4.55. The zero-order valence-electron chi connectivity index (χ0n) is 13.6. The molecule has 1 aromatic carbocycles. The summed E-state index contributed by atoms with van der Waals surface area (Å²) in [4.78, 5) is 0. The van der Waals surface area contributed by atoms with Crippen molar-refractivity contribution in [3.8, 4) is 11.5 Å². The molecule has 22 heavy (non-hydrogen) atoms. The second kappa shape index (κ2) is 8.29. The molecule has 0 heterocycles.